The number of halogens is 3. The summed E-state index contributed by atoms with van der Waals surface area (Å²) in [4.78, 5) is 14.2. The van der Waals surface area contributed by atoms with Crippen LogP contribution in [0.1, 0.15) is 28.9 Å². The van der Waals surface area contributed by atoms with E-state index in [9.17, 15) is 4.79 Å². The second-order valence-corrected chi connectivity index (χ2v) is 8.51. The summed E-state index contributed by atoms with van der Waals surface area (Å²) in [6, 6.07) is 9.31. The van der Waals surface area contributed by atoms with Crippen LogP contribution in [0.15, 0.2) is 37.9 Å². The van der Waals surface area contributed by atoms with E-state index in [1.807, 2.05) is 37.3 Å². The predicted octanol–water partition coefficient (Wildman–Crippen LogP) is 5.76. The number of benzene rings is 1. The molecule has 0 radical (unpaired) electrons. The minimum Gasteiger partial charge on any atom is -0.335 e. The van der Waals surface area contributed by atoms with E-state index in [0.29, 0.717) is 10.6 Å². The summed E-state index contributed by atoms with van der Waals surface area (Å²) in [6.07, 6.45) is 0. The van der Waals surface area contributed by atoms with Gasteiger partial charge in [-0.2, -0.15) is 0 Å². The van der Waals surface area contributed by atoms with Crippen LogP contribution in [-0.4, -0.2) is 17.9 Å². The second kappa shape index (κ2) is 6.60. The zero-order valence-electron chi connectivity index (χ0n) is 10.9. The van der Waals surface area contributed by atoms with Gasteiger partial charge >= 0.3 is 0 Å². The molecule has 1 amide bonds. The minimum atomic E-state index is -0.0956. The number of carbonyl (C=O) groups is 1. The average Bonchev–Trinajstić information content (AvgIpc) is 2.76. The van der Waals surface area contributed by atoms with Crippen molar-refractivity contribution in [1.29, 1.82) is 0 Å². The summed E-state index contributed by atoms with van der Waals surface area (Å²) in [6.45, 7) is 1.97. The van der Waals surface area contributed by atoms with Gasteiger partial charge in [0.15, 0.2) is 0 Å². The number of carbonyl (C=O) groups excluding carboxylic acids is 1. The van der Waals surface area contributed by atoms with Gasteiger partial charge in [0.1, 0.15) is 0 Å². The molecule has 1 atom stereocenters. The lowest BCUT2D eigenvalue weighted by atomic mass is 10.1. The summed E-state index contributed by atoms with van der Waals surface area (Å²) < 4.78 is 1.75. The molecule has 1 aromatic carbocycles. The Kier molecular flexibility index (Phi) is 5.29. The Morgan fingerprint density at radius 1 is 1.35 bits per heavy atom. The van der Waals surface area contributed by atoms with Crippen LogP contribution in [-0.2, 0) is 0 Å². The van der Waals surface area contributed by atoms with Gasteiger partial charge < -0.3 is 4.90 Å². The van der Waals surface area contributed by atoms with Gasteiger partial charge in [-0.15, -0.1) is 11.3 Å². The summed E-state index contributed by atoms with van der Waals surface area (Å²) in [7, 11) is 1.79. The monoisotopic (exact) mass is 435 g/mol. The Labute approximate surface area is 144 Å². The lowest BCUT2D eigenvalue weighted by molar-refractivity contribution is 0.0742. The third-order valence-corrected chi connectivity index (χ3v) is 5.83. The van der Waals surface area contributed by atoms with Crippen LogP contribution in [0.2, 0.25) is 5.02 Å². The first-order valence-corrected chi connectivity index (χ1v) is 8.66. The van der Waals surface area contributed by atoms with Crippen LogP contribution in [0.5, 0.6) is 0 Å². The van der Waals surface area contributed by atoms with Crippen molar-refractivity contribution in [2.24, 2.45) is 0 Å². The first-order valence-electron chi connectivity index (χ1n) is 5.88. The van der Waals surface area contributed by atoms with Crippen molar-refractivity contribution in [2.45, 2.75) is 13.0 Å². The van der Waals surface area contributed by atoms with Crippen molar-refractivity contribution in [3.8, 4) is 0 Å². The van der Waals surface area contributed by atoms with Crippen LogP contribution in [0, 0.1) is 0 Å². The number of hydrogen-bond donors (Lipinski definition) is 0. The molecule has 0 saturated carbocycles. The van der Waals surface area contributed by atoms with Gasteiger partial charge in [-0.3, -0.25) is 4.79 Å². The van der Waals surface area contributed by atoms with E-state index in [2.05, 4.69) is 31.9 Å². The van der Waals surface area contributed by atoms with Crippen LogP contribution in [0.3, 0.4) is 0 Å². The Bertz CT molecular complexity index is 644. The van der Waals surface area contributed by atoms with Crippen molar-refractivity contribution in [1.82, 2.24) is 4.90 Å². The fourth-order valence-corrected chi connectivity index (χ4v) is 4.95. The van der Waals surface area contributed by atoms with Crippen LogP contribution >= 0.6 is 54.8 Å². The quantitative estimate of drug-likeness (QED) is 0.598. The Morgan fingerprint density at radius 3 is 2.55 bits per heavy atom. The summed E-state index contributed by atoms with van der Waals surface area (Å²) in [5.41, 5.74) is 1.60. The van der Waals surface area contributed by atoms with Gasteiger partial charge in [0, 0.05) is 12.1 Å². The highest BCUT2D eigenvalue weighted by atomic mass is 79.9. The molecule has 2 aromatic rings. The predicted molar refractivity (Wildman–Crippen MR) is 91.7 cm³/mol. The molecule has 20 heavy (non-hydrogen) atoms. The first-order chi connectivity index (χ1) is 9.41. The van der Waals surface area contributed by atoms with Gasteiger partial charge in [-0.1, -0.05) is 29.8 Å². The van der Waals surface area contributed by atoms with Gasteiger partial charge in [0.25, 0.3) is 5.91 Å². The van der Waals surface area contributed by atoms with E-state index in [-0.39, 0.29) is 11.9 Å². The van der Waals surface area contributed by atoms with Gasteiger partial charge in [0.2, 0.25) is 0 Å². The molecule has 106 valence electrons. The molecule has 1 unspecified atom stereocenters. The highest BCUT2D eigenvalue weighted by molar-refractivity contribution is 9.12. The molecule has 0 aliphatic heterocycles. The Hall–Kier alpha value is -0.360. The standard InChI is InChI=1S/C14H12Br2ClNOS/c1-8(9-5-3-4-6-11(9)17)18(2)14(19)10-7-12(15)20-13(10)16/h3-8H,1-2H3. The molecule has 6 heteroatoms. The van der Waals surface area contributed by atoms with Crippen LogP contribution < -0.4 is 0 Å². The van der Waals surface area contributed by atoms with Gasteiger partial charge in [-0.05, 0) is 56.5 Å². The lowest BCUT2D eigenvalue weighted by Gasteiger charge is -2.26. The molecule has 0 aliphatic rings. The number of amides is 1. The van der Waals surface area contributed by atoms with Crippen LogP contribution in [0.4, 0.5) is 0 Å². The molecule has 1 aromatic heterocycles. The molecular formula is C14H12Br2ClNOS. The highest BCUT2D eigenvalue weighted by Gasteiger charge is 2.23. The maximum absolute atomic E-state index is 12.5. The Morgan fingerprint density at radius 2 is 2.00 bits per heavy atom. The summed E-state index contributed by atoms with van der Waals surface area (Å²) in [5, 5.41) is 0.671. The molecule has 0 aliphatic carbocycles. The minimum absolute atomic E-state index is 0.0359. The summed E-state index contributed by atoms with van der Waals surface area (Å²) >= 11 is 14.5. The van der Waals surface area contributed by atoms with Crippen molar-refractivity contribution in [2.75, 3.05) is 7.05 Å². The molecule has 2 rings (SSSR count). The third kappa shape index (κ3) is 3.27. The number of thiophene rings is 1. The van der Waals surface area contributed by atoms with Crippen molar-refractivity contribution < 1.29 is 4.79 Å². The van der Waals surface area contributed by atoms with Crippen molar-refractivity contribution in [3.63, 3.8) is 0 Å². The fraction of sp³-hybridized carbons (Fsp3) is 0.214. The molecule has 0 bridgehead atoms. The molecular weight excluding hydrogens is 425 g/mol. The first kappa shape index (κ1) is 16.0. The van der Waals surface area contributed by atoms with E-state index in [0.717, 1.165) is 13.1 Å². The van der Waals surface area contributed by atoms with Crippen molar-refractivity contribution >= 4 is 60.7 Å². The highest BCUT2D eigenvalue weighted by Crippen LogP contribution is 2.34. The summed E-state index contributed by atoms with van der Waals surface area (Å²) in [5.74, 6) is -0.0359. The molecule has 0 N–H and O–H groups in total. The lowest BCUT2D eigenvalue weighted by Crippen LogP contribution is -2.29. The second-order valence-electron chi connectivity index (χ2n) is 4.35. The van der Waals surface area contributed by atoms with Gasteiger partial charge in [0.05, 0.1) is 19.2 Å². The Balaban J connectivity index is 2.27. The smallest absolute Gasteiger partial charge is 0.256 e. The SMILES string of the molecule is CC(c1ccccc1Cl)N(C)C(=O)c1cc(Br)sc1Br. The largest absolute Gasteiger partial charge is 0.335 e. The zero-order chi connectivity index (χ0) is 14.9. The van der Waals surface area contributed by atoms with E-state index in [1.165, 1.54) is 11.3 Å². The molecule has 0 spiro atoms. The molecule has 0 saturated heterocycles. The van der Waals surface area contributed by atoms with Gasteiger partial charge in [-0.25, -0.2) is 0 Å². The van der Waals surface area contributed by atoms with E-state index >= 15 is 0 Å². The van der Waals surface area contributed by atoms with E-state index in [1.54, 1.807) is 11.9 Å². The number of hydrogen-bond acceptors (Lipinski definition) is 2. The third-order valence-electron chi connectivity index (χ3n) is 3.14. The fourth-order valence-electron chi connectivity index (χ4n) is 1.87. The zero-order valence-corrected chi connectivity index (χ0v) is 15.6. The number of nitrogens with zero attached hydrogens (tertiary/aromatic N) is 1. The maximum Gasteiger partial charge on any atom is 0.256 e. The van der Waals surface area contributed by atoms with E-state index in [4.69, 9.17) is 11.6 Å². The molecule has 0 fully saturated rings. The topological polar surface area (TPSA) is 20.3 Å². The van der Waals surface area contributed by atoms with Crippen molar-refractivity contribution in [3.05, 3.63) is 54.1 Å². The van der Waals surface area contributed by atoms with E-state index < -0.39 is 0 Å². The molecule has 1 heterocycles. The number of rotatable bonds is 3. The normalized spacial score (nSPS) is 12.2. The average molecular weight is 438 g/mol. The van der Waals surface area contributed by atoms with Crippen LogP contribution in [0.25, 0.3) is 0 Å². The molecule has 2 nitrogen and oxygen atoms in total. The maximum atomic E-state index is 12.5.